The molecule has 2 unspecified atom stereocenters. The standard InChI is InChI=1S/C13H19N5S/c1-3-7-5-10(7)15-11-9-6-8(4-2)19-12(9)17-13(16-11)18-14/h6-7,10H,3-5,14H2,1-2H3,(H2,15,16,17,18). The lowest BCUT2D eigenvalue weighted by Crippen LogP contribution is -2.13. The van der Waals surface area contributed by atoms with E-state index in [1.54, 1.807) is 11.3 Å². The van der Waals surface area contributed by atoms with Crippen LogP contribution in [0.15, 0.2) is 6.07 Å². The van der Waals surface area contributed by atoms with E-state index >= 15 is 0 Å². The number of thiophene rings is 1. The highest BCUT2D eigenvalue weighted by atomic mass is 32.1. The third kappa shape index (κ3) is 2.37. The first-order valence-corrected chi connectivity index (χ1v) is 7.60. The van der Waals surface area contributed by atoms with Gasteiger partial charge in [-0.25, -0.2) is 10.8 Å². The van der Waals surface area contributed by atoms with Gasteiger partial charge in [-0.05, 0) is 24.8 Å². The number of aromatic nitrogens is 2. The number of hydrazine groups is 1. The van der Waals surface area contributed by atoms with Crippen molar-refractivity contribution in [1.82, 2.24) is 9.97 Å². The molecule has 5 nitrogen and oxygen atoms in total. The molecule has 0 saturated heterocycles. The number of anilines is 2. The van der Waals surface area contributed by atoms with E-state index in [0.29, 0.717) is 12.0 Å². The minimum Gasteiger partial charge on any atom is -0.366 e. The molecule has 0 radical (unpaired) electrons. The van der Waals surface area contributed by atoms with E-state index in [0.717, 1.165) is 28.4 Å². The Kier molecular flexibility index (Phi) is 3.28. The number of nitrogens with two attached hydrogens (primary N) is 1. The summed E-state index contributed by atoms with van der Waals surface area (Å²) in [6, 6.07) is 2.74. The molecular formula is C13H19N5S. The second-order valence-electron chi connectivity index (χ2n) is 4.98. The topological polar surface area (TPSA) is 75.9 Å². The van der Waals surface area contributed by atoms with Crippen molar-refractivity contribution in [1.29, 1.82) is 0 Å². The number of nitrogens with one attached hydrogen (secondary N) is 2. The molecule has 1 aliphatic carbocycles. The molecule has 6 heteroatoms. The number of aryl methyl sites for hydroxylation is 1. The highest BCUT2D eigenvalue weighted by Crippen LogP contribution is 2.38. The van der Waals surface area contributed by atoms with Crippen LogP contribution in [-0.2, 0) is 6.42 Å². The molecule has 2 heterocycles. The Balaban J connectivity index is 1.97. The van der Waals surface area contributed by atoms with Gasteiger partial charge < -0.3 is 5.32 Å². The van der Waals surface area contributed by atoms with Crippen molar-refractivity contribution in [3.63, 3.8) is 0 Å². The first kappa shape index (κ1) is 12.6. The van der Waals surface area contributed by atoms with Gasteiger partial charge in [0.05, 0.1) is 5.39 Å². The molecular weight excluding hydrogens is 258 g/mol. The molecule has 3 rings (SSSR count). The van der Waals surface area contributed by atoms with E-state index in [2.05, 4.69) is 40.6 Å². The molecule has 1 fully saturated rings. The molecule has 0 bridgehead atoms. The molecule has 102 valence electrons. The summed E-state index contributed by atoms with van der Waals surface area (Å²) in [5.41, 5.74) is 2.55. The lowest BCUT2D eigenvalue weighted by atomic mass is 10.3. The van der Waals surface area contributed by atoms with Crippen LogP contribution in [0.25, 0.3) is 10.2 Å². The Morgan fingerprint density at radius 1 is 1.42 bits per heavy atom. The Morgan fingerprint density at radius 2 is 2.26 bits per heavy atom. The molecule has 1 saturated carbocycles. The van der Waals surface area contributed by atoms with Crippen LogP contribution in [0.1, 0.15) is 31.6 Å². The van der Waals surface area contributed by atoms with Crippen LogP contribution >= 0.6 is 11.3 Å². The summed E-state index contributed by atoms with van der Waals surface area (Å²) in [4.78, 5) is 11.2. The lowest BCUT2D eigenvalue weighted by molar-refractivity contribution is 0.774. The second-order valence-corrected chi connectivity index (χ2v) is 6.10. The van der Waals surface area contributed by atoms with Crippen LogP contribution in [0.4, 0.5) is 11.8 Å². The average Bonchev–Trinajstić information content (AvgIpc) is 3.04. The second kappa shape index (κ2) is 4.94. The average molecular weight is 277 g/mol. The molecule has 0 spiro atoms. The largest absolute Gasteiger partial charge is 0.366 e. The Morgan fingerprint density at radius 3 is 2.89 bits per heavy atom. The van der Waals surface area contributed by atoms with Crippen molar-refractivity contribution in [2.24, 2.45) is 11.8 Å². The summed E-state index contributed by atoms with van der Waals surface area (Å²) in [6.45, 7) is 4.38. The quantitative estimate of drug-likeness (QED) is 0.579. The normalized spacial score (nSPS) is 21.6. The van der Waals surface area contributed by atoms with Crippen LogP contribution < -0.4 is 16.6 Å². The minimum atomic E-state index is 0.480. The molecule has 2 atom stereocenters. The number of fused-ring (bicyclic) bond motifs is 1. The zero-order valence-electron chi connectivity index (χ0n) is 11.2. The van der Waals surface area contributed by atoms with Gasteiger partial charge in [-0.3, -0.25) is 5.43 Å². The number of nitrogen functional groups attached to an aromatic ring is 1. The Labute approximate surface area is 116 Å². The summed E-state index contributed by atoms with van der Waals surface area (Å²) >= 11 is 1.71. The molecule has 0 aromatic carbocycles. The van der Waals surface area contributed by atoms with Gasteiger partial charge in [-0.1, -0.05) is 20.3 Å². The lowest BCUT2D eigenvalue weighted by Gasteiger charge is -2.07. The molecule has 19 heavy (non-hydrogen) atoms. The minimum absolute atomic E-state index is 0.480. The van der Waals surface area contributed by atoms with Gasteiger partial charge >= 0.3 is 0 Å². The third-order valence-corrected chi connectivity index (χ3v) is 4.86. The van der Waals surface area contributed by atoms with Crippen molar-refractivity contribution in [3.05, 3.63) is 10.9 Å². The van der Waals surface area contributed by atoms with Crippen molar-refractivity contribution >= 4 is 33.3 Å². The van der Waals surface area contributed by atoms with E-state index < -0.39 is 0 Å². The summed E-state index contributed by atoms with van der Waals surface area (Å²) in [7, 11) is 0. The smallest absolute Gasteiger partial charge is 0.240 e. The Hall–Kier alpha value is -1.40. The van der Waals surface area contributed by atoms with Crippen molar-refractivity contribution < 1.29 is 0 Å². The van der Waals surface area contributed by atoms with E-state index in [4.69, 9.17) is 5.84 Å². The first-order valence-electron chi connectivity index (χ1n) is 6.78. The van der Waals surface area contributed by atoms with Gasteiger partial charge in [0.1, 0.15) is 10.6 Å². The monoisotopic (exact) mass is 277 g/mol. The maximum absolute atomic E-state index is 5.45. The summed E-state index contributed by atoms with van der Waals surface area (Å²) in [5.74, 6) is 7.62. The van der Waals surface area contributed by atoms with Crippen LogP contribution in [0.3, 0.4) is 0 Å². The number of nitrogens with zero attached hydrogens (tertiary/aromatic N) is 2. The van der Waals surface area contributed by atoms with Gasteiger partial charge in [0.15, 0.2) is 0 Å². The zero-order chi connectivity index (χ0) is 13.4. The fraction of sp³-hybridized carbons (Fsp3) is 0.538. The summed E-state index contributed by atoms with van der Waals surface area (Å²) < 4.78 is 0. The van der Waals surface area contributed by atoms with Crippen LogP contribution in [-0.4, -0.2) is 16.0 Å². The van der Waals surface area contributed by atoms with E-state index in [1.165, 1.54) is 17.7 Å². The Bertz CT molecular complexity index is 594. The number of hydrogen-bond donors (Lipinski definition) is 3. The number of rotatable bonds is 5. The van der Waals surface area contributed by atoms with Crippen molar-refractivity contribution in [2.75, 3.05) is 10.7 Å². The van der Waals surface area contributed by atoms with Gasteiger partial charge in [0.25, 0.3) is 0 Å². The summed E-state index contributed by atoms with van der Waals surface area (Å²) in [6.07, 6.45) is 3.47. The predicted molar refractivity (Wildman–Crippen MR) is 80.4 cm³/mol. The van der Waals surface area contributed by atoms with Crippen molar-refractivity contribution in [2.45, 2.75) is 39.2 Å². The van der Waals surface area contributed by atoms with Gasteiger partial charge in [0, 0.05) is 10.9 Å². The van der Waals surface area contributed by atoms with E-state index in [1.807, 2.05) is 0 Å². The molecule has 2 aromatic rings. The van der Waals surface area contributed by atoms with Crippen molar-refractivity contribution in [3.8, 4) is 0 Å². The number of hydrogen-bond acceptors (Lipinski definition) is 6. The highest BCUT2D eigenvalue weighted by molar-refractivity contribution is 7.18. The molecule has 1 aliphatic rings. The molecule has 0 aliphatic heterocycles. The third-order valence-electron chi connectivity index (χ3n) is 3.69. The van der Waals surface area contributed by atoms with Crippen LogP contribution in [0, 0.1) is 5.92 Å². The fourth-order valence-corrected chi connectivity index (χ4v) is 3.34. The van der Waals surface area contributed by atoms with E-state index in [9.17, 15) is 0 Å². The maximum atomic E-state index is 5.45. The fourth-order valence-electron chi connectivity index (χ4n) is 2.37. The van der Waals surface area contributed by atoms with E-state index in [-0.39, 0.29) is 0 Å². The molecule has 0 amide bonds. The predicted octanol–water partition coefficient (Wildman–Crippen LogP) is 2.75. The first-order chi connectivity index (χ1) is 9.25. The maximum Gasteiger partial charge on any atom is 0.240 e. The highest BCUT2D eigenvalue weighted by Gasteiger charge is 2.35. The molecule has 2 aromatic heterocycles. The van der Waals surface area contributed by atoms with Gasteiger partial charge in [0.2, 0.25) is 5.95 Å². The summed E-state index contributed by atoms with van der Waals surface area (Å²) in [5, 5.41) is 4.65. The van der Waals surface area contributed by atoms with Gasteiger partial charge in [-0.2, -0.15) is 4.98 Å². The zero-order valence-corrected chi connectivity index (χ0v) is 12.0. The van der Waals surface area contributed by atoms with Crippen LogP contribution in [0.2, 0.25) is 0 Å². The SMILES string of the molecule is CCc1cc2c(NC3CC3CC)nc(NN)nc2s1. The van der Waals surface area contributed by atoms with Gasteiger partial charge in [-0.15, -0.1) is 11.3 Å². The molecule has 4 N–H and O–H groups in total. The van der Waals surface area contributed by atoms with Crippen LogP contribution in [0.5, 0.6) is 0 Å².